The summed E-state index contributed by atoms with van der Waals surface area (Å²) in [5.41, 5.74) is -0.332. The van der Waals surface area contributed by atoms with Crippen molar-refractivity contribution in [2.75, 3.05) is 12.2 Å². The van der Waals surface area contributed by atoms with Crippen molar-refractivity contribution in [3.05, 3.63) is 0 Å². The van der Waals surface area contributed by atoms with Crippen molar-refractivity contribution in [2.45, 2.75) is 6.92 Å². The topological polar surface area (TPSA) is 46.5 Å². The summed E-state index contributed by atoms with van der Waals surface area (Å²) in [6.07, 6.45) is 0. The molecule has 5 heteroatoms. The van der Waals surface area contributed by atoms with E-state index in [1.807, 2.05) is 0 Å². The molecule has 0 aliphatic carbocycles. The molecule has 1 N–H and O–H groups in total. The minimum atomic E-state index is -3.41. The maximum Gasteiger partial charge on any atom is 0.342 e. The van der Waals surface area contributed by atoms with E-state index in [0.717, 1.165) is 0 Å². The quantitative estimate of drug-likeness (QED) is 0.499. The summed E-state index contributed by atoms with van der Waals surface area (Å²) >= 11 is 5.03. The second kappa shape index (κ2) is 3.46. The molecule has 3 nitrogen and oxygen atoms in total. The Morgan fingerprint density at radius 1 is 1.88 bits per heavy atom. The molecular formula is C3H8ClO3P. The SMILES string of the molecule is CCOP(=O)(O)CCl. The smallest absolute Gasteiger partial charge is 0.323 e. The van der Waals surface area contributed by atoms with Gasteiger partial charge < -0.3 is 9.42 Å². The normalized spacial score (nSPS) is 17.9. The van der Waals surface area contributed by atoms with Crippen molar-refractivity contribution in [2.24, 2.45) is 0 Å². The van der Waals surface area contributed by atoms with Crippen LogP contribution in [0.2, 0.25) is 0 Å². The highest BCUT2D eigenvalue weighted by atomic mass is 35.5. The third-order valence-corrected chi connectivity index (χ3v) is 2.35. The minimum absolute atomic E-state index is 0.223. The molecule has 0 radical (unpaired) electrons. The zero-order chi connectivity index (χ0) is 6.62. The van der Waals surface area contributed by atoms with E-state index in [4.69, 9.17) is 16.5 Å². The van der Waals surface area contributed by atoms with Crippen molar-refractivity contribution >= 4 is 19.2 Å². The zero-order valence-electron chi connectivity index (χ0n) is 4.50. The molecule has 0 aromatic heterocycles. The van der Waals surface area contributed by atoms with Crippen LogP contribution in [0.5, 0.6) is 0 Å². The largest absolute Gasteiger partial charge is 0.342 e. The van der Waals surface area contributed by atoms with E-state index < -0.39 is 7.60 Å². The van der Waals surface area contributed by atoms with Crippen LogP contribution in [0.3, 0.4) is 0 Å². The molecule has 8 heavy (non-hydrogen) atoms. The lowest BCUT2D eigenvalue weighted by Crippen LogP contribution is -1.87. The molecule has 0 saturated heterocycles. The highest BCUT2D eigenvalue weighted by Crippen LogP contribution is 2.42. The van der Waals surface area contributed by atoms with Gasteiger partial charge in [0.05, 0.1) is 6.61 Å². The van der Waals surface area contributed by atoms with E-state index in [1.165, 1.54) is 0 Å². The molecule has 50 valence electrons. The van der Waals surface area contributed by atoms with Crippen molar-refractivity contribution in [1.82, 2.24) is 0 Å². The summed E-state index contributed by atoms with van der Waals surface area (Å²) in [6.45, 7) is 1.86. The van der Waals surface area contributed by atoms with Crippen molar-refractivity contribution < 1.29 is 14.0 Å². The van der Waals surface area contributed by atoms with Crippen LogP contribution in [0.25, 0.3) is 0 Å². The molecule has 0 aliphatic heterocycles. The fourth-order valence-electron chi connectivity index (χ4n) is 0.236. The lowest BCUT2D eigenvalue weighted by atomic mass is 10.9. The van der Waals surface area contributed by atoms with Crippen LogP contribution in [0.15, 0.2) is 0 Å². The van der Waals surface area contributed by atoms with Crippen LogP contribution in [-0.4, -0.2) is 17.1 Å². The molecule has 0 amide bonds. The van der Waals surface area contributed by atoms with Crippen molar-refractivity contribution in [1.29, 1.82) is 0 Å². The number of hydrogen-bond donors (Lipinski definition) is 1. The number of halogens is 1. The molecule has 1 atom stereocenters. The first kappa shape index (κ1) is 8.44. The molecular weight excluding hydrogens is 150 g/mol. The van der Waals surface area contributed by atoms with E-state index in [1.54, 1.807) is 6.92 Å². The molecule has 0 rings (SSSR count). The second-order valence-corrected chi connectivity index (χ2v) is 3.66. The molecule has 1 unspecified atom stereocenters. The van der Waals surface area contributed by atoms with Gasteiger partial charge in [0.2, 0.25) is 0 Å². The molecule has 0 aliphatic rings. The molecule has 0 heterocycles. The summed E-state index contributed by atoms with van der Waals surface area (Å²) < 4.78 is 14.7. The van der Waals surface area contributed by atoms with Gasteiger partial charge in [0.1, 0.15) is 5.62 Å². The van der Waals surface area contributed by atoms with Gasteiger partial charge in [-0.05, 0) is 6.92 Å². The summed E-state index contributed by atoms with van der Waals surface area (Å²) in [7, 11) is -3.41. The molecule has 0 saturated carbocycles. The van der Waals surface area contributed by atoms with Crippen LogP contribution < -0.4 is 0 Å². The Balaban J connectivity index is 3.55. The van der Waals surface area contributed by atoms with E-state index in [2.05, 4.69) is 4.52 Å². The third kappa shape index (κ3) is 3.44. The predicted octanol–water partition coefficient (Wildman–Crippen LogP) is 1.40. The monoisotopic (exact) mass is 158 g/mol. The lowest BCUT2D eigenvalue weighted by Gasteiger charge is -2.04. The Morgan fingerprint density at radius 2 is 2.38 bits per heavy atom. The van der Waals surface area contributed by atoms with Gasteiger partial charge in [-0.25, -0.2) is 0 Å². The first-order valence-corrected chi connectivity index (χ1v) is 4.44. The van der Waals surface area contributed by atoms with Gasteiger partial charge >= 0.3 is 7.60 Å². The number of alkyl halides is 1. The third-order valence-electron chi connectivity index (χ3n) is 0.482. The predicted molar refractivity (Wildman–Crippen MR) is 32.2 cm³/mol. The van der Waals surface area contributed by atoms with Gasteiger partial charge in [0, 0.05) is 0 Å². The van der Waals surface area contributed by atoms with Gasteiger partial charge in [-0.3, -0.25) is 4.57 Å². The summed E-state index contributed by atoms with van der Waals surface area (Å²) in [5.74, 6) is 0. The van der Waals surface area contributed by atoms with Gasteiger partial charge in [-0.15, -0.1) is 11.6 Å². The first-order chi connectivity index (χ1) is 3.62. The molecule has 0 fully saturated rings. The zero-order valence-corrected chi connectivity index (χ0v) is 6.15. The summed E-state index contributed by atoms with van der Waals surface area (Å²) in [4.78, 5) is 8.52. The Hall–Kier alpha value is 0.440. The minimum Gasteiger partial charge on any atom is -0.323 e. The van der Waals surface area contributed by atoms with Gasteiger partial charge in [-0.1, -0.05) is 0 Å². The van der Waals surface area contributed by atoms with Crippen LogP contribution in [-0.2, 0) is 9.09 Å². The van der Waals surface area contributed by atoms with E-state index in [0.29, 0.717) is 0 Å². The maximum absolute atomic E-state index is 10.4. The van der Waals surface area contributed by atoms with E-state index in [-0.39, 0.29) is 12.2 Å². The van der Waals surface area contributed by atoms with Gasteiger partial charge in [0.25, 0.3) is 0 Å². The van der Waals surface area contributed by atoms with Crippen molar-refractivity contribution in [3.8, 4) is 0 Å². The molecule has 0 aromatic rings. The Morgan fingerprint density at radius 3 is 2.50 bits per heavy atom. The van der Waals surface area contributed by atoms with Gasteiger partial charge in [-0.2, -0.15) is 0 Å². The highest BCUT2D eigenvalue weighted by Gasteiger charge is 2.14. The van der Waals surface area contributed by atoms with Crippen molar-refractivity contribution in [3.63, 3.8) is 0 Å². The fraction of sp³-hybridized carbons (Fsp3) is 1.00. The first-order valence-electron chi connectivity index (χ1n) is 2.14. The van der Waals surface area contributed by atoms with E-state index in [9.17, 15) is 4.57 Å². The molecule has 0 aromatic carbocycles. The standard InChI is InChI=1S/C3H8ClO3P/c1-2-7-8(5,6)3-4/h2-3H2,1H3,(H,5,6). The van der Waals surface area contributed by atoms with Gasteiger partial charge in [0.15, 0.2) is 0 Å². The summed E-state index contributed by atoms with van der Waals surface area (Å²) in [6, 6.07) is 0. The number of hydrogen-bond acceptors (Lipinski definition) is 2. The van der Waals surface area contributed by atoms with Crippen LogP contribution in [0, 0.1) is 0 Å². The Bertz CT molecular complexity index is 105. The number of rotatable bonds is 3. The summed E-state index contributed by atoms with van der Waals surface area (Å²) in [5, 5.41) is 0. The molecule has 0 bridgehead atoms. The Kier molecular flexibility index (Phi) is 3.65. The molecule has 0 spiro atoms. The van der Waals surface area contributed by atoms with E-state index >= 15 is 0 Å². The Labute approximate surface area is 53.1 Å². The van der Waals surface area contributed by atoms with Crippen LogP contribution in [0.1, 0.15) is 6.92 Å². The average molecular weight is 159 g/mol. The maximum atomic E-state index is 10.4. The fourth-order valence-corrected chi connectivity index (χ4v) is 0.916. The second-order valence-electron chi connectivity index (χ2n) is 1.17. The van der Waals surface area contributed by atoms with Crippen LogP contribution >= 0.6 is 19.2 Å². The highest BCUT2D eigenvalue weighted by molar-refractivity contribution is 7.54. The van der Waals surface area contributed by atoms with Crippen LogP contribution in [0.4, 0.5) is 0 Å². The lowest BCUT2D eigenvalue weighted by molar-refractivity contribution is 0.278. The average Bonchev–Trinajstić information content (AvgIpc) is 1.67.